The lowest BCUT2D eigenvalue weighted by molar-refractivity contribution is 0.102. The smallest absolute Gasteiger partial charge is 0.255 e. The molecular formula is C24H22N4O. The second-order valence-corrected chi connectivity index (χ2v) is 7.22. The van der Waals surface area contributed by atoms with Gasteiger partial charge in [0, 0.05) is 16.8 Å². The molecule has 0 bridgehead atoms. The first kappa shape index (κ1) is 18.6. The summed E-state index contributed by atoms with van der Waals surface area (Å²) >= 11 is 0. The number of amides is 1. The molecule has 0 fully saturated rings. The largest absolute Gasteiger partial charge is 0.322 e. The Morgan fingerprint density at radius 1 is 0.862 bits per heavy atom. The first-order valence-electron chi connectivity index (χ1n) is 9.48. The van der Waals surface area contributed by atoms with Crippen molar-refractivity contribution >= 4 is 11.6 Å². The van der Waals surface area contributed by atoms with E-state index in [1.165, 1.54) is 5.56 Å². The van der Waals surface area contributed by atoms with Crippen LogP contribution >= 0.6 is 0 Å². The molecule has 5 heteroatoms. The number of carbonyl (C=O) groups excluding carboxylic acids is 1. The molecule has 144 valence electrons. The minimum Gasteiger partial charge on any atom is -0.322 e. The summed E-state index contributed by atoms with van der Waals surface area (Å²) in [5.74, 6) is -0.136. The molecule has 0 spiro atoms. The first-order valence-corrected chi connectivity index (χ1v) is 9.48. The lowest BCUT2D eigenvalue weighted by Crippen LogP contribution is -2.13. The van der Waals surface area contributed by atoms with Gasteiger partial charge in [0.15, 0.2) is 0 Å². The maximum absolute atomic E-state index is 12.6. The minimum atomic E-state index is -0.136. The Morgan fingerprint density at radius 3 is 2.28 bits per heavy atom. The van der Waals surface area contributed by atoms with E-state index in [9.17, 15) is 4.79 Å². The number of nitrogens with zero attached hydrogens (tertiary/aromatic N) is 3. The van der Waals surface area contributed by atoms with Crippen molar-refractivity contribution in [3.8, 4) is 16.9 Å². The number of benzene rings is 3. The molecule has 0 aliphatic carbocycles. The molecule has 29 heavy (non-hydrogen) atoms. The lowest BCUT2D eigenvalue weighted by Gasteiger charge is -2.10. The maximum Gasteiger partial charge on any atom is 0.255 e. The molecule has 5 nitrogen and oxygen atoms in total. The molecule has 0 atom stereocenters. The van der Waals surface area contributed by atoms with Gasteiger partial charge in [-0.25, -0.2) is 4.68 Å². The van der Waals surface area contributed by atoms with Crippen LogP contribution in [-0.4, -0.2) is 20.9 Å². The summed E-state index contributed by atoms with van der Waals surface area (Å²) in [7, 11) is 0. The zero-order chi connectivity index (χ0) is 20.4. The van der Waals surface area contributed by atoms with Gasteiger partial charge in [-0.05, 0) is 62.2 Å². The molecule has 0 unspecified atom stereocenters. The monoisotopic (exact) mass is 382 g/mol. The van der Waals surface area contributed by atoms with Crippen LogP contribution in [0.3, 0.4) is 0 Å². The third kappa shape index (κ3) is 3.94. The number of hydrogen-bond donors (Lipinski definition) is 1. The highest BCUT2D eigenvalue weighted by atomic mass is 16.1. The van der Waals surface area contributed by atoms with Gasteiger partial charge in [-0.15, -0.1) is 5.10 Å². The molecule has 1 heterocycles. The highest BCUT2D eigenvalue weighted by Gasteiger charge is 2.11. The van der Waals surface area contributed by atoms with Gasteiger partial charge in [-0.2, -0.15) is 0 Å². The molecule has 0 aliphatic rings. The van der Waals surface area contributed by atoms with E-state index in [1.54, 1.807) is 23.0 Å². The third-order valence-corrected chi connectivity index (χ3v) is 4.91. The Hall–Kier alpha value is -3.73. The standard InChI is InChI=1S/C24H22N4O/c1-16-5-8-19(9-6-16)23-15-25-27-28(23)21-12-10-20(11-13-21)24(29)26-22-14-17(2)4-7-18(22)3/h4-15H,1-3H3,(H,26,29). The fourth-order valence-corrected chi connectivity index (χ4v) is 3.17. The SMILES string of the molecule is Cc1ccc(-c2cnnn2-c2ccc(C(=O)Nc3cc(C)ccc3C)cc2)cc1. The Balaban J connectivity index is 1.57. The number of aryl methyl sites for hydroxylation is 3. The highest BCUT2D eigenvalue weighted by Crippen LogP contribution is 2.23. The van der Waals surface area contributed by atoms with E-state index in [-0.39, 0.29) is 5.91 Å². The van der Waals surface area contributed by atoms with Crippen molar-refractivity contribution in [1.29, 1.82) is 0 Å². The fourth-order valence-electron chi connectivity index (χ4n) is 3.17. The van der Waals surface area contributed by atoms with Crippen LogP contribution in [0.2, 0.25) is 0 Å². The molecular weight excluding hydrogens is 360 g/mol. The maximum atomic E-state index is 12.6. The summed E-state index contributed by atoms with van der Waals surface area (Å²) in [6, 6.07) is 21.6. The summed E-state index contributed by atoms with van der Waals surface area (Å²) in [4.78, 5) is 12.6. The number of nitrogens with one attached hydrogen (secondary N) is 1. The highest BCUT2D eigenvalue weighted by molar-refractivity contribution is 6.04. The number of carbonyl (C=O) groups is 1. The van der Waals surface area contributed by atoms with Crippen LogP contribution in [0.1, 0.15) is 27.0 Å². The average molecular weight is 382 g/mol. The fraction of sp³-hybridized carbons (Fsp3) is 0.125. The molecule has 1 aromatic heterocycles. The summed E-state index contributed by atoms with van der Waals surface area (Å²) in [5.41, 5.74) is 7.55. The van der Waals surface area contributed by atoms with Gasteiger partial charge in [0.1, 0.15) is 0 Å². The molecule has 0 saturated carbocycles. The second-order valence-electron chi connectivity index (χ2n) is 7.22. The Morgan fingerprint density at radius 2 is 1.55 bits per heavy atom. The van der Waals surface area contributed by atoms with Crippen LogP contribution in [0.25, 0.3) is 16.9 Å². The molecule has 0 aliphatic heterocycles. The molecule has 1 amide bonds. The number of rotatable bonds is 4. The lowest BCUT2D eigenvalue weighted by atomic mass is 10.1. The van der Waals surface area contributed by atoms with E-state index in [2.05, 4.69) is 46.8 Å². The van der Waals surface area contributed by atoms with E-state index in [0.717, 1.165) is 33.8 Å². The van der Waals surface area contributed by atoms with Crippen LogP contribution in [0, 0.1) is 20.8 Å². The van der Waals surface area contributed by atoms with Crippen molar-refractivity contribution in [2.24, 2.45) is 0 Å². The zero-order valence-corrected chi connectivity index (χ0v) is 16.7. The van der Waals surface area contributed by atoms with Crippen molar-refractivity contribution in [3.05, 3.63) is 95.2 Å². The van der Waals surface area contributed by atoms with E-state index in [4.69, 9.17) is 0 Å². The summed E-state index contributed by atoms with van der Waals surface area (Å²) in [6.07, 6.45) is 1.74. The summed E-state index contributed by atoms with van der Waals surface area (Å²) in [6.45, 7) is 6.05. The summed E-state index contributed by atoms with van der Waals surface area (Å²) in [5, 5.41) is 11.3. The minimum absolute atomic E-state index is 0.136. The number of anilines is 1. The van der Waals surface area contributed by atoms with E-state index in [0.29, 0.717) is 5.56 Å². The van der Waals surface area contributed by atoms with Crippen molar-refractivity contribution < 1.29 is 4.79 Å². The molecule has 0 radical (unpaired) electrons. The normalized spacial score (nSPS) is 10.7. The number of hydrogen-bond acceptors (Lipinski definition) is 3. The van der Waals surface area contributed by atoms with Crippen molar-refractivity contribution in [3.63, 3.8) is 0 Å². The van der Waals surface area contributed by atoms with E-state index >= 15 is 0 Å². The molecule has 1 N–H and O–H groups in total. The van der Waals surface area contributed by atoms with Crippen LogP contribution in [-0.2, 0) is 0 Å². The quantitative estimate of drug-likeness (QED) is 0.533. The van der Waals surface area contributed by atoms with Gasteiger partial charge in [-0.1, -0.05) is 47.2 Å². The predicted molar refractivity (Wildman–Crippen MR) is 115 cm³/mol. The van der Waals surface area contributed by atoms with Gasteiger partial charge < -0.3 is 5.32 Å². The van der Waals surface area contributed by atoms with Crippen LogP contribution in [0.4, 0.5) is 5.69 Å². The average Bonchev–Trinajstić information content (AvgIpc) is 3.21. The van der Waals surface area contributed by atoms with Crippen molar-refractivity contribution in [1.82, 2.24) is 15.0 Å². The van der Waals surface area contributed by atoms with E-state index < -0.39 is 0 Å². The predicted octanol–water partition coefficient (Wildman–Crippen LogP) is 5.11. The molecule has 4 aromatic rings. The van der Waals surface area contributed by atoms with Crippen molar-refractivity contribution in [2.45, 2.75) is 20.8 Å². The molecule has 4 rings (SSSR count). The van der Waals surface area contributed by atoms with Crippen LogP contribution in [0.5, 0.6) is 0 Å². The van der Waals surface area contributed by atoms with Crippen LogP contribution < -0.4 is 5.32 Å². The number of aromatic nitrogens is 3. The molecule has 0 saturated heterocycles. The van der Waals surface area contributed by atoms with Gasteiger partial charge >= 0.3 is 0 Å². The second kappa shape index (κ2) is 7.72. The third-order valence-electron chi connectivity index (χ3n) is 4.91. The van der Waals surface area contributed by atoms with Gasteiger partial charge in [0.05, 0.1) is 17.6 Å². The van der Waals surface area contributed by atoms with Gasteiger partial charge in [0.25, 0.3) is 5.91 Å². The zero-order valence-electron chi connectivity index (χ0n) is 16.7. The van der Waals surface area contributed by atoms with E-state index in [1.807, 2.05) is 44.2 Å². The Bertz CT molecular complexity index is 1160. The van der Waals surface area contributed by atoms with Crippen molar-refractivity contribution in [2.75, 3.05) is 5.32 Å². The topological polar surface area (TPSA) is 59.8 Å². The van der Waals surface area contributed by atoms with Gasteiger partial charge in [0.2, 0.25) is 0 Å². The Kier molecular flexibility index (Phi) is 4.96. The summed E-state index contributed by atoms with van der Waals surface area (Å²) < 4.78 is 1.77. The van der Waals surface area contributed by atoms with Gasteiger partial charge in [-0.3, -0.25) is 4.79 Å². The first-order chi connectivity index (χ1) is 14.0. The van der Waals surface area contributed by atoms with Crippen LogP contribution in [0.15, 0.2) is 72.9 Å². The molecule has 3 aromatic carbocycles. The Labute approximate surface area is 170 Å².